The van der Waals surface area contributed by atoms with E-state index in [0.717, 1.165) is 58.3 Å². The Kier molecular flexibility index (Phi) is 12.6. The van der Waals surface area contributed by atoms with Crippen molar-refractivity contribution in [1.29, 1.82) is 0 Å². The van der Waals surface area contributed by atoms with Crippen LogP contribution >= 0.6 is 24.0 Å². The van der Waals surface area contributed by atoms with Gasteiger partial charge in [-0.25, -0.2) is 0 Å². The van der Waals surface area contributed by atoms with Crippen LogP contribution in [0.5, 0.6) is 0 Å². The summed E-state index contributed by atoms with van der Waals surface area (Å²) in [6.07, 6.45) is 2.63. The Labute approximate surface area is 140 Å². The van der Waals surface area contributed by atoms with Crippen LogP contribution in [0, 0.1) is 0 Å². The maximum absolute atomic E-state index is 5.59. The molecule has 1 aliphatic rings. The number of hydrogen-bond donors (Lipinski definition) is 2. The van der Waals surface area contributed by atoms with Crippen LogP contribution < -0.4 is 10.6 Å². The van der Waals surface area contributed by atoms with Gasteiger partial charge in [-0.1, -0.05) is 13.8 Å². The van der Waals surface area contributed by atoms with E-state index in [9.17, 15) is 0 Å². The third-order valence-corrected chi connectivity index (χ3v) is 3.44. The summed E-state index contributed by atoms with van der Waals surface area (Å²) in [4.78, 5) is 6.99. The molecule has 0 radical (unpaired) electrons. The Morgan fingerprint density at radius 1 is 1.25 bits per heavy atom. The van der Waals surface area contributed by atoms with E-state index < -0.39 is 0 Å². The van der Waals surface area contributed by atoms with Gasteiger partial charge in [-0.15, -0.1) is 24.0 Å². The number of halogens is 1. The molecule has 1 saturated heterocycles. The van der Waals surface area contributed by atoms with Gasteiger partial charge >= 0.3 is 0 Å². The summed E-state index contributed by atoms with van der Waals surface area (Å²) in [5, 5.41) is 6.67. The van der Waals surface area contributed by atoms with E-state index in [1.54, 1.807) is 0 Å². The quantitative estimate of drug-likeness (QED) is 0.371. The normalized spacial score (nSPS) is 19.0. The van der Waals surface area contributed by atoms with E-state index in [-0.39, 0.29) is 24.0 Å². The first-order chi connectivity index (χ1) is 9.30. The van der Waals surface area contributed by atoms with Crippen LogP contribution in [0.1, 0.15) is 33.6 Å². The van der Waals surface area contributed by atoms with Crippen molar-refractivity contribution in [3.63, 3.8) is 0 Å². The fourth-order valence-electron chi connectivity index (χ4n) is 2.20. The molecule has 0 aromatic rings. The van der Waals surface area contributed by atoms with Crippen LogP contribution in [0.25, 0.3) is 0 Å². The van der Waals surface area contributed by atoms with Gasteiger partial charge in [0.25, 0.3) is 0 Å². The predicted octanol–water partition coefficient (Wildman–Crippen LogP) is 1.68. The molecule has 0 bridgehead atoms. The number of likely N-dealkylation sites (N-methyl/N-ethyl adjacent to an activating group) is 1. The molecule has 1 fully saturated rings. The Bertz CT molecular complexity index is 254. The zero-order valence-electron chi connectivity index (χ0n) is 13.2. The number of aliphatic imine (C=N–C) groups is 1. The number of nitrogens with one attached hydrogen (secondary N) is 2. The van der Waals surface area contributed by atoms with Crippen molar-refractivity contribution in [3.8, 4) is 0 Å². The first kappa shape index (κ1) is 19.9. The second-order valence-electron chi connectivity index (χ2n) is 4.81. The summed E-state index contributed by atoms with van der Waals surface area (Å²) in [7, 11) is 0. The van der Waals surface area contributed by atoms with Gasteiger partial charge in [0.2, 0.25) is 0 Å². The lowest BCUT2D eigenvalue weighted by atomic mass is 10.2. The lowest BCUT2D eigenvalue weighted by Crippen LogP contribution is -2.42. The second-order valence-corrected chi connectivity index (χ2v) is 4.81. The first-order valence-corrected chi connectivity index (χ1v) is 7.66. The number of guanidine groups is 1. The third-order valence-electron chi connectivity index (χ3n) is 3.44. The van der Waals surface area contributed by atoms with E-state index in [1.807, 2.05) is 0 Å². The Morgan fingerprint density at radius 2 is 2.00 bits per heavy atom. The number of hydrogen-bond acceptors (Lipinski definition) is 3. The lowest BCUT2D eigenvalue weighted by molar-refractivity contribution is 0.117. The molecule has 2 N–H and O–H groups in total. The standard InChI is InChI=1S/C14H30N4O.HI/c1-4-15-14(16-9-10-18(5-2)6-3)17-12-13-8-7-11-19-13;/h13H,4-12H2,1-3H3,(H2,15,16,17);1H. The SMILES string of the molecule is CCNC(=NCC1CCCO1)NCCN(CC)CC.I. The summed E-state index contributed by atoms with van der Waals surface area (Å²) < 4.78 is 5.59. The minimum absolute atomic E-state index is 0. The third kappa shape index (κ3) is 8.26. The molecule has 5 nitrogen and oxygen atoms in total. The van der Waals surface area contributed by atoms with Crippen molar-refractivity contribution in [1.82, 2.24) is 15.5 Å². The summed E-state index contributed by atoms with van der Waals surface area (Å²) in [5.41, 5.74) is 0. The van der Waals surface area contributed by atoms with E-state index in [1.165, 1.54) is 6.42 Å². The van der Waals surface area contributed by atoms with Crippen LogP contribution in [0.15, 0.2) is 4.99 Å². The van der Waals surface area contributed by atoms with Crippen LogP contribution in [-0.2, 0) is 4.74 Å². The van der Waals surface area contributed by atoms with Gasteiger partial charge in [-0.2, -0.15) is 0 Å². The lowest BCUT2D eigenvalue weighted by Gasteiger charge is -2.19. The molecule has 1 rings (SSSR count). The molecule has 0 amide bonds. The Balaban J connectivity index is 0.00000361. The average molecular weight is 398 g/mol. The van der Waals surface area contributed by atoms with Crippen LogP contribution in [0.2, 0.25) is 0 Å². The van der Waals surface area contributed by atoms with Gasteiger partial charge in [0.15, 0.2) is 5.96 Å². The van der Waals surface area contributed by atoms with Gasteiger partial charge in [-0.3, -0.25) is 4.99 Å². The van der Waals surface area contributed by atoms with Crippen molar-refractivity contribution in [2.75, 3.05) is 45.9 Å². The van der Waals surface area contributed by atoms with Crippen LogP contribution in [0.3, 0.4) is 0 Å². The van der Waals surface area contributed by atoms with Gasteiger partial charge in [0.05, 0.1) is 12.6 Å². The average Bonchev–Trinajstić information content (AvgIpc) is 2.94. The Hall–Kier alpha value is -0.0800. The first-order valence-electron chi connectivity index (χ1n) is 7.66. The highest BCUT2D eigenvalue weighted by molar-refractivity contribution is 14.0. The molecular formula is C14H31IN4O. The zero-order valence-corrected chi connectivity index (χ0v) is 15.5. The second kappa shape index (κ2) is 12.6. The fourth-order valence-corrected chi connectivity index (χ4v) is 2.20. The largest absolute Gasteiger partial charge is 0.376 e. The molecule has 0 spiro atoms. The van der Waals surface area contributed by atoms with Crippen LogP contribution in [0.4, 0.5) is 0 Å². The maximum atomic E-state index is 5.59. The molecule has 6 heteroatoms. The molecule has 0 aliphatic carbocycles. The highest BCUT2D eigenvalue weighted by Gasteiger charge is 2.14. The summed E-state index contributed by atoms with van der Waals surface area (Å²) >= 11 is 0. The van der Waals surface area contributed by atoms with Crippen molar-refractivity contribution in [2.24, 2.45) is 4.99 Å². The van der Waals surface area contributed by atoms with E-state index >= 15 is 0 Å². The summed E-state index contributed by atoms with van der Waals surface area (Å²) in [6.45, 7) is 13.2. The number of rotatable bonds is 8. The minimum atomic E-state index is 0. The van der Waals surface area contributed by atoms with Crippen molar-refractivity contribution < 1.29 is 4.74 Å². The zero-order chi connectivity index (χ0) is 13.9. The van der Waals surface area contributed by atoms with Crippen molar-refractivity contribution >= 4 is 29.9 Å². The number of ether oxygens (including phenoxy) is 1. The molecule has 0 saturated carbocycles. The van der Waals surface area contributed by atoms with Gasteiger partial charge in [0.1, 0.15) is 0 Å². The topological polar surface area (TPSA) is 48.9 Å². The molecule has 1 heterocycles. The molecule has 0 aromatic heterocycles. The highest BCUT2D eigenvalue weighted by Crippen LogP contribution is 2.11. The fraction of sp³-hybridized carbons (Fsp3) is 0.929. The van der Waals surface area contributed by atoms with E-state index in [4.69, 9.17) is 4.74 Å². The maximum Gasteiger partial charge on any atom is 0.191 e. The van der Waals surface area contributed by atoms with Gasteiger partial charge in [-0.05, 0) is 32.9 Å². The predicted molar refractivity (Wildman–Crippen MR) is 96.2 cm³/mol. The number of nitrogens with zero attached hydrogens (tertiary/aromatic N) is 2. The van der Waals surface area contributed by atoms with E-state index in [0.29, 0.717) is 6.10 Å². The molecule has 1 unspecified atom stereocenters. The van der Waals surface area contributed by atoms with Gasteiger partial charge < -0.3 is 20.3 Å². The molecule has 0 aromatic carbocycles. The van der Waals surface area contributed by atoms with Crippen molar-refractivity contribution in [3.05, 3.63) is 0 Å². The minimum Gasteiger partial charge on any atom is -0.376 e. The molecule has 20 heavy (non-hydrogen) atoms. The Morgan fingerprint density at radius 3 is 2.55 bits per heavy atom. The smallest absolute Gasteiger partial charge is 0.191 e. The molecule has 1 atom stereocenters. The monoisotopic (exact) mass is 398 g/mol. The molecular weight excluding hydrogens is 367 g/mol. The van der Waals surface area contributed by atoms with Crippen LogP contribution in [-0.4, -0.2) is 62.8 Å². The summed E-state index contributed by atoms with van der Waals surface area (Å²) in [5.74, 6) is 0.908. The molecule has 1 aliphatic heterocycles. The highest BCUT2D eigenvalue weighted by atomic mass is 127. The van der Waals surface area contributed by atoms with E-state index in [2.05, 4.69) is 41.3 Å². The molecule has 120 valence electrons. The summed E-state index contributed by atoms with van der Waals surface area (Å²) in [6, 6.07) is 0. The van der Waals surface area contributed by atoms with Crippen molar-refractivity contribution in [2.45, 2.75) is 39.7 Å². The van der Waals surface area contributed by atoms with Gasteiger partial charge in [0, 0.05) is 26.2 Å².